The van der Waals surface area contributed by atoms with Gasteiger partial charge in [-0.1, -0.05) is 51.0 Å². The monoisotopic (exact) mass is 400 g/mol. The summed E-state index contributed by atoms with van der Waals surface area (Å²) >= 11 is 0. The zero-order valence-corrected chi connectivity index (χ0v) is 19.3. The highest BCUT2D eigenvalue weighted by Crippen LogP contribution is 2.60. The lowest BCUT2D eigenvalue weighted by Crippen LogP contribution is -2.36. The van der Waals surface area contributed by atoms with Gasteiger partial charge in [-0.05, 0) is 106 Å². The molecule has 164 valence electrons. The van der Waals surface area contributed by atoms with Crippen LogP contribution in [0.4, 0.5) is 0 Å². The Kier molecular flexibility index (Phi) is 7.16. The highest BCUT2D eigenvalue weighted by molar-refractivity contribution is 5.36. The van der Waals surface area contributed by atoms with Crippen LogP contribution in [0.2, 0.25) is 0 Å². The number of aliphatic hydroxyl groups excluding tert-OH is 1. The van der Waals surface area contributed by atoms with E-state index in [1.54, 1.807) is 5.57 Å². The highest BCUT2D eigenvalue weighted by atomic mass is 16.3. The number of rotatable bonds is 6. The van der Waals surface area contributed by atoms with Gasteiger partial charge in [0, 0.05) is 0 Å². The van der Waals surface area contributed by atoms with Gasteiger partial charge in [0.1, 0.15) is 0 Å². The predicted octanol–water partition coefficient (Wildman–Crippen LogP) is 6.73. The molecule has 0 aromatic heterocycles. The second kappa shape index (κ2) is 9.10. The van der Waals surface area contributed by atoms with Gasteiger partial charge in [-0.3, -0.25) is 0 Å². The van der Waals surface area contributed by atoms with Crippen molar-refractivity contribution >= 4 is 0 Å². The topological polar surface area (TPSA) is 40.5 Å². The van der Waals surface area contributed by atoms with Gasteiger partial charge in [0.25, 0.3) is 0 Å². The van der Waals surface area contributed by atoms with Crippen molar-refractivity contribution in [2.24, 2.45) is 23.2 Å². The van der Waals surface area contributed by atoms with Crippen molar-refractivity contribution in [3.8, 4) is 0 Å². The Bertz CT molecular complexity index is 650. The van der Waals surface area contributed by atoms with Crippen LogP contribution in [0.15, 0.2) is 35.5 Å². The third-order valence-electron chi connectivity index (χ3n) is 8.35. The first kappa shape index (κ1) is 22.8. The van der Waals surface area contributed by atoms with Crippen LogP contribution in [0.1, 0.15) is 98.3 Å². The SMILES string of the molecule is C=C1C[C@H](O)CC/C1=C/C=C1\CCC[C@]2(C)[C@@H]([C@H](C)CCCC(C)(C)O)CC[C@@H]12. The van der Waals surface area contributed by atoms with E-state index in [1.165, 1.54) is 44.1 Å². The molecule has 3 rings (SSSR count). The molecule has 2 N–H and O–H groups in total. The Morgan fingerprint density at radius 2 is 1.97 bits per heavy atom. The number of hydrogen-bond donors (Lipinski definition) is 2. The zero-order valence-electron chi connectivity index (χ0n) is 19.3. The molecule has 29 heavy (non-hydrogen) atoms. The smallest absolute Gasteiger partial charge is 0.0591 e. The van der Waals surface area contributed by atoms with E-state index >= 15 is 0 Å². The van der Waals surface area contributed by atoms with Gasteiger partial charge in [0.05, 0.1) is 11.7 Å². The van der Waals surface area contributed by atoms with E-state index in [-0.39, 0.29) is 6.10 Å². The van der Waals surface area contributed by atoms with E-state index in [0.717, 1.165) is 55.4 Å². The molecule has 2 heteroatoms. The van der Waals surface area contributed by atoms with E-state index in [1.807, 2.05) is 13.8 Å². The van der Waals surface area contributed by atoms with Crippen LogP contribution in [0.25, 0.3) is 0 Å². The maximum Gasteiger partial charge on any atom is 0.0591 e. The first-order valence-electron chi connectivity index (χ1n) is 12.1. The summed E-state index contributed by atoms with van der Waals surface area (Å²) < 4.78 is 0. The lowest BCUT2D eigenvalue weighted by Gasteiger charge is -2.44. The number of aliphatic hydroxyl groups is 2. The van der Waals surface area contributed by atoms with Crippen LogP contribution in [-0.2, 0) is 0 Å². The van der Waals surface area contributed by atoms with Crippen LogP contribution < -0.4 is 0 Å². The Morgan fingerprint density at radius 3 is 2.66 bits per heavy atom. The lowest BCUT2D eigenvalue weighted by atomic mass is 9.60. The number of allylic oxidation sites excluding steroid dienone is 4. The standard InChI is InChI=1S/C27H44O2/c1-19(8-6-16-26(3,4)29)24-14-15-25-22(9-7-17-27(24,25)5)11-10-21-12-13-23(28)18-20(21)2/h10-11,19,23-25,28-29H,2,6-9,12-18H2,1,3-5H3/b21-10-,22-11+/t19-,23-,24-,25+,27-/m1/s1. The predicted molar refractivity (Wildman–Crippen MR) is 123 cm³/mol. The molecule has 0 saturated heterocycles. The van der Waals surface area contributed by atoms with Crippen molar-refractivity contribution in [1.29, 1.82) is 0 Å². The van der Waals surface area contributed by atoms with Gasteiger partial charge in [0.2, 0.25) is 0 Å². The molecule has 3 aliphatic rings. The van der Waals surface area contributed by atoms with Crippen molar-refractivity contribution in [1.82, 2.24) is 0 Å². The van der Waals surface area contributed by atoms with Crippen LogP contribution in [0, 0.1) is 23.2 Å². The van der Waals surface area contributed by atoms with Crippen LogP contribution in [0.3, 0.4) is 0 Å². The first-order chi connectivity index (χ1) is 13.6. The zero-order chi connectivity index (χ0) is 21.2. The first-order valence-corrected chi connectivity index (χ1v) is 12.1. The third kappa shape index (κ3) is 5.44. The molecule has 3 fully saturated rings. The third-order valence-corrected chi connectivity index (χ3v) is 8.35. The second-order valence-electron chi connectivity index (χ2n) is 11.2. The fraction of sp³-hybridized carbons (Fsp3) is 0.778. The molecule has 0 radical (unpaired) electrons. The Morgan fingerprint density at radius 1 is 1.21 bits per heavy atom. The van der Waals surface area contributed by atoms with Gasteiger partial charge in [-0.2, -0.15) is 0 Å². The second-order valence-corrected chi connectivity index (χ2v) is 11.2. The lowest BCUT2D eigenvalue weighted by molar-refractivity contribution is 0.0597. The number of hydrogen-bond acceptors (Lipinski definition) is 2. The normalized spacial score (nSPS) is 37.2. The molecule has 5 atom stereocenters. The van der Waals surface area contributed by atoms with Crippen LogP contribution in [-0.4, -0.2) is 21.9 Å². The molecule has 3 aliphatic carbocycles. The van der Waals surface area contributed by atoms with Crippen LogP contribution >= 0.6 is 0 Å². The van der Waals surface area contributed by atoms with Crippen molar-refractivity contribution in [2.45, 2.75) is 110 Å². The minimum atomic E-state index is -0.532. The molecule has 0 spiro atoms. The molecule has 0 aliphatic heterocycles. The Labute approximate surface area is 179 Å². The van der Waals surface area contributed by atoms with Crippen molar-refractivity contribution in [3.63, 3.8) is 0 Å². The summed E-state index contributed by atoms with van der Waals surface area (Å²) in [6.45, 7) is 13.1. The Balaban J connectivity index is 1.67. The van der Waals surface area contributed by atoms with Crippen molar-refractivity contribution < 1.29 is 10.2 Å². The summed E-state index contributed by atoms with van der Waals surface area (Å²) in [5.74, 6) is 2.28. The summed E-state index contributed by atoms with van der Waals surface area (Å²) in [5.41, 5.74) is 4.05. The molecular weight excluding hydrogens is 356 g/mol. The molecule has 0 aromatic rings. The van der Waals surface area contributed by atoms with E-state index < -0.39 is 5.60 Å². The average Bonchev–Trinajstić information content (AvgIpc) is 2.97. The van der Waals surface area contributed by atoms with Gasteiger partial charge < -0.3 is 10.2 Å². The highest BCUT2D eigenvalue weighted by Gasteiger charge is 2.50. The number of fused-ring (bicyclic) bond motifs is 1. The molecule has 0 amide bonds. The minimum Gasteiger partial charge on any atom is -0.393 e. The summed E-state index contributed by atoms with van der Waals surface area (Å²) in [7, 11) is 0. The summed E-state index contributed by atoms with van der Waals surface area (Å²) in [6.07, 6.45) is 17.0. The quantitative estimate of drug-likeness (QED) is 0.518. The molecule has 2 nitrogen and oxygen atoms in total. The maximum absolute atomic E-state index is 10.0. The van der Waals surface area contributed by atoms with Gasteiger partial charge in [0.15, 0.2) is 0 Å². The van der Waals surface area contributed by atoms with Gasteiger partial charge in [-0.25, -0.2) is 0 Å². The minimum absolute atomic E-state index is 0.196. The molecule has 0 bridgehead atoms. The summed E-state index contributed by atoms with van der Waals surface area (Å²) in [5, 5.41) is 19.9. The summed E-state index contributed by atoms with van der Waals surface area (Å²) in [6, 6.07) is 0. The average molecular weight is 401 g/mol. The molecule has 0 unspecified atom stereocenters. The summed E-state index contributed by atoms with van der Waals surface area (Å²) in [4.78, 5) is 0. The van der Waals surface area contributed by atoms with E-state index in [2.05, 4.69) is 32.6 Å². The van der Waals surface area contributed by atoms with E-state index in [4.69, 9.17) is 0 Å². The molecular formula is C27H44O2. The fourth-order valence-corrected chi connectivity index (χ4v) is 6.70. The Hall–Kier alpha value is -0.860. The van der Waals surface area contributed by atoms with Gasteiger partial charge in [-0.15, -0.1) is 0 Å². The molecule has 0 aromatic carbocycles. The van der Waals surface area contributed by atoms with Crippen molar-refractivity contribution in [3.05, 3.63) is 35.5 Å². The molecule has 0 heterocycles. The molecule has 3 saturated carbocycles. The van der Waals surface area contributed by atoms with E-state index in [0.29, 0.717) is 5.41 Å². The fourth-order valence-electron chi connectivity index (χ4n) is 6.70. The largest absolute Gasteiger partial charge is 0.393 e. The van der Waals surface area contributed by atoms with Gasteiger partial charge >= 0.3 is 0 Å². The van der Waals surface area contributed by atoms with Crippen LogP contribution in [0.5, 0.6) is 0 Å². The maximum atomic E-state index is 10.0. The van der Waals surface area contributed by atoms with E-state index in [9.17, 15) is 10.2 Å². The van der Waals surface area contributed by atoms with Crippen molar-refractivity contribution in [2.75, 3.05) is 0 Å².